The van der Waals surface area contributed by atoms with Crippen molar-refractivity contribution < 1.29 is 18.0 Å². The Labute approximate surface area is 164 Å². The molecule has 9 heteroatoms. The number of aromatic nitrogens is 4. The Balaban J connectivity index is 1.81. The van der Waals surface area contributed by atoms with Gasteiger partial charge >= 0.3 is 6.18 Å². The fourth-order valence-corrected chi connectivity index (χ4v) is 3.51. The van der Waals surface area contributed by atoms with E-state index in [4.69, 9.17) is 0 Å². The Morgan fingerprint density at radius 1 is 1.10 bits per heavy atom. The number of hydrogen-bond donors (Lipinski definition) is 1. The predicted molar refractivity (Wildman–Crippen MR) is 100 cm³/mol. The number of rotatable bonds is 3. The highest BCUT2D eigenvalue weighted by molar-refractivity contribution is 6.03. The Kier molecular flexibility index (Phi) is 4.40. The van der Waals surface area contributed by atoms with Crippen molar-refractivity contribution in [1.82, 2.24) is 19.7 Å². The van der Waals surface area contributed by atoms with E-state index in [1.165, 1.54) is 16.8 Å². The third-order valence-electron chi connectivity index (χ3n) is 4.74. The maximum atomic E-state index is 13.0. The van der Waals surface area contributed by atoms with E-state index in [1.54, 1.807) is 18.5 Å². The number of benzene rings is 1. The van der Waals surface area contributed by atoms with Gasteiger partial charge in [0.25, 0.3) is 5.95 Å². The van der Waals surface area contributed by atoms with Crippen LogP contribution in [0.3, 0.4) is 0 Å². The molecule has 1 aliphatic rings. The SMILES string of the molecule is CC1(C)CC(=O)c2c(Nc3cccc(C(F)(F)F)c3)nn(-c3ncccn3)c2C1. The highest BCUT2D eigenvalue weighted by Crippen LogP contribution is 2.39. The second kappa shape index (κ2) is 6.68. The zero-order valence-corrected chi connectivity index (χ0v) is 15.8. The maximum absolute atomic E-state index is 13.0. The number of anilines is 2. The number of fused-ring (bicyclic) bond motifs is 1. The molecule has 29 heavy (non-hydrogen) atoms. The van der Waals surface area contributed by atoms with Gasteiger partial charge in [0, 0.05) is 24.5 Å². The van der Waals surface area contributed by atoms with Gasteiger partial charge in [-0.3, -0.25) is 4.79 Å². The first-order chi connectivity index (χ1) is 13.6. The summed E-state index contributed by atoms with van der Waals surface area (Å²) in [4.78, 5) is 21.3. The standard InChI is InChI=1S/C20H18F3N5O/c1-19(2)10-14-16(15(29)11-19)17(27-28(14)18-24-7-4-8-25-18)26-13-6-3-5-12(9-13)20(21,22)23/h3-9H,10-11H2,1-2H3,(H,26,27). The predicted octanol–water partition coefficient (Wildman–Crippen LogP) is 4.58. The monoisotopic (exact) mass is 401 g/mol. The summed E-state index contributed by atoms with van der Waals surface area (Å²) in [5, 5.41) is 7.33. The second-order valence-electron chi connectivity index (χ2n) is 7.78. The molecule has 1 N–H and O–H groups in total. The molecule has 0 aliphatic heterocycles. The number of hydrogen-bond acceptors (Lipinski definition) is 5. The second-order valence-corrected chi connectivity index (χ2v) is 7.78. The van der Waals surface area contributed by atoms with E-state index in [2.05, 4.69) is 20.4 Å². The first-order valence-electron chi connectivity index (χ1n) is 9.01. The van der Waals surface area contributed by atoms with E-state index in [0.717, 1.165) is 12.1 Å². The lowest BCUT2D eigenvalue weighted by atomic mass is 9.76. The minimum Gasteiger partial charge on any atom is -0.338 e. The highest BCUT2D eigenvalue weighted by Gasteiger charge is 2.37. The van der Waals surface area contributed by atoms with E-state index in [0.29, 0.717) is 30.0 Å². The van der Waals surface area contributed by atoms with Gasteiger partial charge in [0.1, 0.15) is 0 Å². The van der Waals surface area contributed by atoms with Gasteiger partial charge < -0.3 is 5.32 Å². The van der Waals surface area contributed by atoms with Gasteiger partial charge in [-0.05, 0) is 36.1 Å². The van der Waals surface area contributed by atoms with Gasteiger partial charge in [-0.25, -0.2) is 14.6 Å². The minimum atomic E-state index is -4.46. The molecule has 2 aromatic heterocycles. The number of alkyl halides is 3. The van der Waals surface area contributed by atoms with Crippen LogP contribution in [0.4, 0.5) is 24.7 Å². The summed E-state index contributed by atoms with van der Waals surface area (Å²) in [5.74, 6) is 0.381. The van der Waals surface area contributed by atoms with Crippen LogP contribution < -0.4 is 5.32 Å². The smallest absolute Gasteiger partial charge is 0.338 e. The molecule has 150 valence electrons. The lowest BCUT2D eigenvalue weighted by molar-refractivity contribution is -0.137. The number of carbonyl (C=O) groups excluding carboxylic acids is 1. The van der Waals surface area contributed by atoms with Crippen LogP contribution in [0.5, 0.6) is 0 Å². The van der Waals surface area contributed by atoms with Crippen molar-refractivity contribution in [2.75, 3.05) is 5.32 Å². The lowest BCUT2D eigenvalue weighted by Crippen LogP contribution is -2.28. The largest absolute Gasteiger partial charge is 0.416 e. The molecule has 1 aliphatic carbocycles. The van der Waals surface area contributed by atoms with Crippen LogP contribution in [0.2, 0.25) is 0 Å². The number of ketones is 1. The van der Waals surface area contributed by atoms with Crippen LogP contribution in [0.15, 0.2) is 42.7 Å². The summed E-state index contributed by atoms with van der Waals surface area (Å²) in [6, 6.07) is 6.44. The van der Waals surface area contributed by atoms with Gasteiger partial charge in [0.2, 0.25) is 0 Å². The maximum Gasteiger partial charge on any atom is 0.416 e. The van der Waals surface area contributed by atoms with E-state index in [1.807, 2.05) is 13.8 Å². The number of nitrogens with one attached hydrogen (secondary N) is 1. The van der Waals surface area contributed by atoms with Crippen LogP contribution in [-0.4, -0.2) is 25.5 Å². The average molecular weight is 401 g/mol. The van der Waals surface area contributed by atoms with Crippen LogP contribution in [0.1, 0.15) is 41.9 Å². The molecule has 3 aromatic rings. The van der Waals surface area contributed by atoms with Gasteiger partial charge in [0.05, 0.1) is 16.8 Å². The fraction of sp³-hybridized carbons (Fsp3) is 0.300. The molecule has 0 bridgehead atoms. The molecule has 1 aromatic carbocycles. The highest BCUT2D eigenvalue weighted by atomic mass is 19.4. The van der Waals surface area contributed by atoms with Crippen LogP contribution in [0, 0.1) is 5.41 Å². The van der Waals surface area contributed by atoms with Crippen molar-refractivity contribution in [1.29, 1.82) is 0 Å². The summed E-state index contributed by atoms with van der Waals surface area (Å²) >= 11 is 0. The number of halogens is 3. The number of carbonyl (C=O) groups is 1. The van der Waals surface area contributed by atoms with Gasteiger partial charge in [-0.2, -0.15) is 13.2 Å². The zero-order valence-electron chi connectivity index (χ0n) is 15.8. The summed E-state index contributed by atoms with van der Waals surface area (Å²) in [6.45, 7) is 3.97. The molecule has 0 atom stereocenters. The molecule has 0 radical (unpaired) electrons. The van der Waals surface area contributed by atoms with E-state index in [-0.39, 0.29) is 22.7 Å². The van der Waals surface area contributed by atoms with Crippen molar-refractivity contribution >= 4 is 17.3 Å². The van der Waals surface area contributed by atoms with Gasteiger partial charge in [-0.15, -0.1) is 5.10 Å². The van der Waals surface area contributed by atoms with E-state index >= 15 is 0 Å². The third kappa shape index (κ3) is 3.72. The summed E-state index contributed by atoms with van der Waals surface area (Å²) in [5.41, 5.74) is 0.152. The molecule has 2 heterocycles. The summed E-state index contributed by atoms with van der Waals surface area (Å²) in [7, 11) is 0. The first kappa shape index (κ1) is 19.1. The Morgan fingerprint density at radius 2 is 1.83 bits per heavy atom. The number of nitrogens with zero attached hydrogens (tertiary/aromatic N) is 4. The van der Waals surface area contributed by atoms with Crippen molar-refractivity contribution in [3.05, 3.63) is 59.5 Å². The molecule has 4 rings (SSSR count). The van der Waals surface area contributed by atoms with Crippen LogP contribution in [-0.2, 0) is 12.6 Å². The number of Topliss-reactive ketones (excluding diaryl/α,β-unsaturated/α-hetero) is 1. The molecular weight excluding hydrogens is 383 g/mol. The van der Waals surface area contributed by atoms with Crippen molar-refractivity contribution in [2.45, 2.75) is 32.9 Å². The van der Waals surface area contributed by atoms with Crippen LogP contribution >= 0.6 is 0 Å². The minimum absolute atomic E-state index is 0.118. The lowest BCUT2D eigenvalue weighted by Gasteiger charge is -2.28. The normalized spacial score (nSPS) is 15.8. The topological polar surface area (TPSA) is 72.7 Å². The van der Waals surface area contributed by atoms with Crippen molar-refractivity contribution in [2.24, 2.45) is 5.41 Å². The summed E-state index contributed by atoms with van der Waals surface area (Å²) < 4.78 is 40.6. The average Bonchev–Trinajstić information content (AvgIpc) is 2.99. The Morgan fingerprint density at radius 3 is 2.52 bits per heavy atom. The molecule has 0 unspecified atom stereocenters. The molecule has 0 fully saturated rings. The molecule has 0 saturated carbocycles. The Hall–Kier alpha value is -3.23. The first-order valence-corrected chi connectivity index (χ1v) is 9.01. The van der Waals surface area contributed by atoms with Gasteiger partial charge in [-0.1, -0.05) is 19.9 Å². The fourth-order valence-electron chi connectivity index (χ4n) is 3.51. The van der Waals surface area contributed by atoms with Crippen molar-refractivity contribution in [3.63, 3.8) is 0 Å². The molecule has 6 nitrogen and oxygen atoms in total. The molecule has 0 amide bonds. The quantitative estimate of drug-likeness (QED) is 0.696. The molecule has 0 saturated heterocycles. The Bertz CT molecular complexity index is 1070. The summed E-state index contributed by atoms with van der Waals surface area (Å²) in [6.07, 6.45) is -0.464. The molecule has 0 spiro atoms. The van der Waals surface area contributed by atoms with E-state index in [9.17, 15) is 18.0 Å². The van der Waals surface area contributed by atoms with Crippen molar-refractivity contribution in [3.8, 4) is 5.95 Å². The third-order valence-corrected chi connectivity index (χ3v) is 4.74. The van der Waals surface area contributed by atoms with Gasteiger partial charge in [0.15, 0.2) is 11.6 Å². The zero-order chi connectivity index (χ0) is 20.8. The van der Waals surface area contributed by atoms with Crippen LogP contribution in [0.25, 0.3) is 5.95 Å². The van der Waals surface area contributed by atoms with E-state index < -0.39 is 11.7 Å². The molecular formula is C20H18F3N5O.